The fraction of sp³-hybridized carbons (Fsp3) is 0.357. The van der Waals surface area contributed by atoms with Crippen molar-refractivity contribution in [2.75, 3.05) is 0 Å². The number of rotatable bonds is 5. The quantitative estimate of drug-likeness (QED) is 0.328. The zero-order valence-corrected chi connectivity index (χ0v) is 11.9. The fourth-order valence-electron chi connectivity index (χ4n) is 1.73. The van der Waals surface area contributed by atoms with Gasteiger partial charge in [-0.1, -0.05) is 19.9 Å². The molecule has 108 valence electrons. The normalized spacial score (nSPS) is 11.3. The molecule has 0 saturated heterocycles. The largest absolute Gasteiger partial charge is 0.290 e. The van der Waals surface area contributed by atoms with Crippen molar-refractivity contribution in [2.45, 2.75) is 27.2 Å². The van der Waals surface area contributed by atoms with E-state index in [0.717, 1.165) is 12.1 Å². The predicted octanol–water partition coefficient (Wildman–Crippen LogP) is 1.44. The van der Waals surface area contributed by atoms with Gasteiger partial charge in [0.25, 0.3) is 11.8 Å². The molecular weight excluding hydrogens is 256 g/mol. The molecule has 20 heavy (non-hydrogen) atoms. The number of carbonyl (C=O) groups is 2. The lowest BCUT2D eigenvalue weighted by Gasteiger charge is -2.06. The third-order valence-corrected chi connectivity index (χ3v) is 2.57. The Balaban J connectivity index is 2.75. The molecule has 1 aromatic rings. The monoisotopic (exact) mass is 276 g/mol. The summed E-state index contributed by atoms with van der Waals surface area (Å²) in [4.78, 5) is 23.3. The summed E-state index contributed by atoms with van der Waals surface area (Å²) in [5, 5.41) is 4.03. The molecule has 0 aliphatic heterocycles. The molecule has 0 bridgehead atoms. The van der Waals surface area contributed by atoms with Crippen molar-refractivity contribution in [1.82, 2.24) is 10.9 Å². The fourth-order valence-corrected chi connectivity index (χ4v) is 1.73. The van der Waals surface area contributed by atoms with Crippen molar-refractivity contribution in [2.24, 2.45) is 16.9 Å². The number of hydrazine groups is 1. The molecule has 1 aromatic carbocycles. The first-order chi connectivity index (χ1) is 9.43. The molecule has 0 spiro atoms. The Kier molecular flexibility index (Phi) is 5.86. The number of hydrazone groups is 1. The molecular formula is C14H20N4O2. The minimum Gasteiger partial charge on any atom is -0.290 e. The highest BCUT2D eigenvalue weighted by Crippen LogP contribution is 2.05. The van der Waals surface area contributed by atoms with Crippen molar-refractivity contribution in [3.05, 3.63) is 35.4 Å². The number of nitrogens with zero attached hydrogens (tertiary/aromatic N) is 1. The van der Waals surface area contributed by atoms with Crippen molar-refractivity contribution < 1.29 is 9.59 Å². The van der Waals surface area contributed by atoms with Crippen LogP contribution in [0.5, 0.6) is 0 Å². The van der Waals surface area contributed by atoms with Crippen LogP contribution in [0.25, 0.3) is 0 Å². The van der Waals surface area contributed by atoms with Crippen LogP contribution in [0, 0.1) is 5.92 Å². The molecule has 2 amide bonds. The van der Waals surface area contributed by atoms with Crippen LogP contribution in [0.2, 0.25) is 0 Å². The summed E-state index contributed by atoms with van der Waals surface area (Å²) in [5.41, 5.74) is 6.02. The summed E-state index contributed by atoms with van der Waals surface area (Å²) >= 11 is 0. The average molecular weight is 276 g/mol. The van der Waals surface area contributed by atoms with Crippen LogP contribution in [-0.4, -0.2) is 17.5 Å². The lowest BCUT2D eigenvalue weighted by atomic mass is 10.1. The second kappa shape index (κ2) is 7.40. The Morgan fingerprint density at radius 3 is 2.40 bits per heavy atom. The lowest BCUT2D eigenvalue weighted by molar-refractivity contribution is 0.0953. The molecule has 1 rings (SSSR count). The van der Waals surface area contributed by atoms with E-state index in [-0.39, 0.29) is 5.91 Å². The van der Waals surface area contributed by atoms with E-state index in [1.807, 2.05) is 12.3 Å². The van der Waals surface area contributed by atoms with Crippen LogP contribution in [0.1, 0.15) is 47.9 Å². The molecule has 6 heteroatoms. The summed E-state index contributed by atoms with van der Waals surface area (Å²) in [6.07, 6.45) is 0.815. The van der Waals surface area contributed by atoms with Gasteiger partial charge >= 0.3 is 0 Å². The maximum Gasteiger partial charge on any atom is 0.271 e. The highest BCUT2D eigenvalue weighted by molar-refractivity contribution is 5.99. The molecule has 0 aliphatic rings. The number of nitrogens with two attached hydrogens (primary N) is 1. The Morgan fingerprint density at radius 2 is 1.85 bits per heavy atom. The van der Waals surface area contributed by atoms with E-state index in [1.54, 1.807) is 18.2 Å². The third-order valence-electron chi connectivity index (χ3n) is 2.57. The topological polar surface area (TPSA) is 96.6 Å². The van der Waals surface area contributed by atoms with E-state index >= 15 is 0 Å². The van der Waals surface area contributed by atoms with Gasteiger partial charge in [-0.2, -0.15) is 5.10 Å². The number of carbonyl (C=O) groups excluding carboxylic acids is 2. The number of amides is 2. The van der Waals surface area contributed by atoms with E-state index in [9.17, 15) is 9.59 Å². The maximum atomic E-state index is 11.9. The zero-order chi connectivity index (χ0) is 15.1. The highest BCUT2D eigenvalue weighted by atomic mass is 16.2. The number of hydrogen-bond acceptors (Lipinski definition) is 4. The van der Waals surface area contributed by atoms with Gasteiger partial charge in [0.05, 0.1) is 0 Å². The summed E-state index contributed by atoms with van der Waals surface area (Å²) in [6.45, 7) is 6.02. The minimum absolute atomic E-state index is 0.322. The first-order valence-corrected chi connectivity index (χ1v) is 6.38. The second-order valence-corrected chi connectivity index (χ2v) is 4.94. The van der Waals surface area contributed by atoms with Crippen LogP contribution in [0.3, 0.4) is 0 Å². The summed E-state index contributed by atoms with van der Waals surface area (Å²) < 4.78 is 0. The molecule has 4 N–H and O–H groups in total. The standard InChI is InChI=1S/C14H20N4O2/c1-9(2)7-10(3)17-18-14(20)12-6-4-5-11(8-12)13(19)16-15/h4-6,8-9H,7,15H2,1-3H3,(H,16,19)(H,18,20). The van der Waals surface area contributed by atoms with E-state index in [2.05, 4.69) is 24.4 Å². The van der Waals surface area contributed by atoms with Gasteiger partial charge in [0.15, 0.2) is 0 Å². The molecule has 0 aromatic heterocycles. The molecule has 0 aliphatic carbocycles. The van der Waals surface area contributed by atoms with Crippen molar-refractivity contribution in [3.63, 3.8) is 0 Å². The summed E-state index contributed by atoms with van der Waals surface area (Å²) in [7, 11) is 0. The summed E-state index contributed by atoms with van der Waals surface area (Å²) in [6, 6.07) is 6.26. The molecule has 6 nitrogen and oxygen atoms in total. The smallest absolute Gasteiger partial charge is 0.271 e. The molecule has 0 heterocycles. The van der Waals surface area contributed by atoms with Gasteiger partial charge in [-0.3, -0.25) is 15.0 Å². The van der Waals surface area contributed by atoms with Gasteiger partial charge in [0, 0.05) is 16.8 Å². The number of nitrogen functional groups attached to an aromatic ring is 1. The molecule has 0 saturated carbocycles. The van der Waals surface area contributed by atoms with Gasteiger partial charge < -0.3 is 0 Å². The first kappa shape index (κ1) is 15.8. The maximum absolute atomic E-state index is 11.9. The van der Waals surface area contributed by atoms with Gasteiger partial charge in [-0.15, -0.1) is 0 Å². The van der Waals surface area contributed by atoms with Gasteiger partial charge in [-0.25, -0.2) is 11.3 Å². The van der Waals surface area contributed by atoms with Crippen LogP contribution >= 0.6 is 0 Å². The first-order valence-electron chi connectivity index (χ1n) is 6.38. The number of nitrogens with one attached hydrogen (secondary N) is 2. The minimum atomic E-state index is -0.445. The SMILES string of the molecule is CC(CC(C)C)=NNC(=O)c1cccc(C(=O)NN)c1. The van der Waals surface area contributed by atoms with E-state index in [1.165, 1.54) is 6.07 Å². The Hall–Kier alpha value is -2.21. The second-order valence-electron chi connectivity index (χ2n) is 4.94. The lowest BCUT2D eigenvalue weighted by Crippen LogP contribution is -2.30. The van der Waals surface area contributed by atoms with Crippen molar-refractivity contribution in [3.8, 4) is 0 Å². The predicted molar refractivity (Wildman–Crippen MR) is 78.1 cm³/mol. The summed E-state index contributed by atoms with van der Waals surface area (Å²) in [5.74, 6) is 4.73. The van der Waals surface area contributed by atoms with Crippen LogP contribution in [-0.2, 0) is 0 Å². The van der Waals surface area contributed by atoms with Crippen LogP contribution in [0.15, 0.2) is 29.4 Å². The van der Waals surface area contributed by atoms with Gasteiger partial charge in [-0.05, 0) is 37.5 Å². The molecule has 0 atom stereocenters. The van der Waals surface area contributed by atoms with Crippen molar-refractivity contribution >= 4 is 17.5 Å². The van der Waals surface area contributed by atoms with Crippen LogP contribution in [0.4, 0.5) is 0 Å². The Bertz CT molecular complexity index is 524. The average Bonchev–Trinajstić information content (AvgIpc) is 2.43. The molecule has 0 radical (unpaired) electrons. The molecule has 0 unspecified atom stereocenters. The number of benzene rings is 1. The Labute approximate surface area is 118 Å². The van der Waals surface area contributed by atoms with Gasteiger partial charge in [0.2, 0.25) is 0 Å². The van der Waals surface area contributed by atoms with E-state index in [0.29, 0.717) is 17.0 Å². The van der Waals surface area contributed by atoms with Gasteiger partial charge in [0.1, 0.15) is 0 Å². The molecule has 0 fully saturated rings. The Morgan fingerprint density at radius 1 is 1.25 bits per heavy atom. The van der Waals surface area contributed by atoms with E-state index in [4.69, 9.17) is 5.84 Å². The highest BCUT2D eigenvalue weighted by Gasteiger charge is 2.09. The third kappa shape index (κ3) is 4.81. The van der Waals surface area contributed by atoms with E-state index < -0.39 is 5.91 Å². The number of hydrogen-bond donors (Lipinski definition) is 3. The van der Waals surface area contributed by atoms with Crippen molar-refractivity contribution in [1.29, 1.82) is 0 Å². The zero-order valence-electron chi connectivity index (χ0n) is 11.9. The van der Waals surface area contributed by atoms with Crippen LogP contribution < -0.4 is 16.7 Å².